The van der Waals surface area contributed by atoms with Crippen LogP contribution < -0.4 is 16.6 Å². The van der Waals surface area contributed by atoms with Gasteiger partial charge in [-0.3, -0.25) is 9.59 Å². The van der Waals surface area contributed by atoms with Crippen LogP contribution in [0.4, 0.5) is 5.82 Å². The summed E-state index contributed by atoms with van der Waals surface area (Å²) in [6.45, 7) is 4.12. The SMILES string of the molecule is [B]c1nn([C@@]2(S)C[C@H](COC)N(C(=O)C=C)C2)c(NC)c1C(N)=O. The van der Waals surface area contributed by atoms with Gasteiger partial charge in [0, 0.05) is 26.2 Å². The molecule has 128 valence electrons. The third-order valence-electron chi connectivity index (χ3n) is 4.03. The number of ether oxygens (including phenoxy) is 1. The number of hydrogen-bond acceptors (Lipinski definition) is 6. The Labute approximate surface area is 147 Å². The van der Waals surface area contributed by atoms with Gasteiger partial charge < -0.3 is 20.7 Å². The van der Waals surface area contributed by atoms with Crippen molar-refractivity contribution in [2.24, 2.45) is 5.73 Å². The molecule has 0 spiro atoms. The van der Waals surface area contributed by atoms with Gasteiger partial charge in [0.1, 0.15) is 18.5 Å². The van der Waals surface area contributed by atoms with Gasteiger partial charge in [0.05, 0.1) is 24.8 Å². The molecule has 0 aliphatic carbocycles. The van der Waals surface area contributed by atoms with E-state index in [9.17, 15) is 9.59 Å². The van der Waals surface area contributed by atoms with Gasteiger partial charge in [-0.1, -0.05) is 6.58 Å². The Hall–Kier alpha value is -1.94. The second-order valence-electron chi connectivity index (χ2n) is 5.60. The number of nitrogens with two attached hydrogens (primary N) is 1. The Morgan fingerprint density at radius 1 is 1.67 bits per heavy atom. The lowest BCUT2D eigenvalue weighted by molar-refractivity contribution is -0.127. The third-order valence-corrected chi connectivity index (χ3v) is 4.55. The summed E-state index contributed by atoms with van der Waals surface area (Å²) in [5.41, 5.74) is 5.49. The molecule has 8 nitrogen and oxygen atoms in total. The first kappa shape index (κ1) is 18.4. The summed E-state index contributed by atoms with van der Waals surface area (Å²) in [5.74, 6) is -0.557. The molecule has 2 amide bonds. The van der Waals surface area contributed by atoms with Crippen molar-refractivity contribution in [1.29, 1.82) is 0 Å². The number of thiol groups is 1. The van der Waals surface area contributed by atoms with Crippen molar-refractivity contribution in [2.45, 2.75) is 17.3 Å². The second-order valence-corrected chi connectivity index (χ2v) is 6.43. The van der Waals surface area contributed by atoms with Crippen LogP contribution in [-0.2, 0) is 14.4 Å². The van der Waals surface area contributed by atoms with Crippen molar-refractivity contribution < 1.29 is 14.3 Å². The van der Waals surface area contributed by atoms with Gasteiger partial charge in [-0.25, -0.2) is 4.68 Å². The number of carbonyl (C=O) groups excluding carboxylic acids is 2. The number of nitrogens with zero attached hydrogens (tertiary/aromatic N) is 3. The molecular formula is C14H20BN5O3S. The molecule has 0 unspecified atom stereocenters. The summed E-state index contributed by atoms with van der Waals surface area (Å²) in [5, 5.41) is 7.11. The van der Waals surface area contributed by atoms with Crippen molar-refractivity contribution in [3.8, 4) is 0 Å². The van der Waals surface area contributed by atoms with Gasteiger partial charge >= 0.3 is 0 Å². The highest BCUT2D eigenvalue weighted by molar-refractivity contribution is 7.81. The van der Waals surface area contributed by atoms with Crippen LogP contribution in [0.2, 0.25) is 0 Å². The van der Waals surface area contributed by atoms with Gasteiger partial charge in [0.25, 0.3) is 5.91 Å². The number of primary amides is 1. The molecule has 1 fully saturated rings. The van der Waals surface area contributed by atoms with Crippen LogP contribution in [0.5, 0.6) is 0 Å². The van der Waals surface area contributed by atoms with E-state index in [0.717, 1.165) is 0 Å². The molecule has 1 aromatic rings. The van der Waals surface area contributed by atoms with Crippen molar-refractivity contribution in [3.05, 3.63) is 18.2 Å². The average molecular weight is 349 g/mol. The van der Waals surface area contributed by atoms with Gasteiger partial charge in [-0.15, -0.1) is 12.6 Å². The van der Waals surface area contributed by atoms with E-state index in [0.29, 0.717) is 18.8 Å². The zero-order chi connectivity index (χ0) is 18.1. The zero-order valence-electron chi connectivity index (χ0n) is 13.7. The van der Waals surface area contributed by atoms with E-state index in [2.05, 4.69) is 17.0 Å². The maximum Gasteiger partial charge on any atom is 0.253 e. The predicted octanol–water partition coefficient (Wildman–Crippen LogP) is -1.17. The van der Waals surface area contributed by atoms with E-state index < -0.39 is 10.8 Å². The molecule has 1 aliphatic rings. The van der Waals surface area contributed by atoms with E-state index in [1.54, 1.807) is 19.1 Å². The molecule has 2 atom stereocenters. The van der Waals surface area contributed by atoms with Gasteiger partial charge in [0.15, 0.2) is 0 Å². The fourth-order valence-corrected chi connectivity index (χ4v) is 3.54. The summed E-state index contributed by atoms with van der Waals surface area (Å²) in [7, 11) is 9.02. The summed E-state index contributed by atoms with van der Waals surface area (Å²) >= 11 is 4.74. The Bertz CT molecular complexity index is 680. The summed E-state index contributed by atoms with van der Waals surface area (Å²) < 4.78 is 6.70. The Kier molecular flexibility index (Phi) is 5.29. The Balaban J connectivity index is 2.48. The molecule has 1 aliphatic heterocycles. The molecule has 1 saturated heterocycles. The van der Waals surface area contributed by atoms with Crippen LogP contribution in [0.25, 0.3) is 0 Å². The molecule has 0 aromatic carbocycles. The van der Waals surface area contributed by atoms with Crippen molar-refractivity contribution in [1.82, 2.24) is 14.7 Å². The van der Waals surface area contributed by atoms with E-state index in [4.69, 9.17) is 30.9 Å². The fraction of sp³-hybridized carbons (Fsp3) is 0.500. The monoisotopic (exact) mass is 349 g/mol. The standard InChI is InChI=1S/C14H20BN5O3S/c1-4-9(21)19-7-14(24,5-8(19)6-23-3)20-13(17-2)10(12(16)22)11(15)18-20/h4,8,17,24H,1,5-7H2,2-3H3,(H2,16,22)/t8-,14-/m1/s1. The van der Waals surface area contributed by atoms with Gasteiger partial charge in [0.2, 0.25) is 5.91 Å². The number of aromatic nitrogens is 2. The van der Waals surface area contributed by atoms with Crippen LogP contribution in [-0.4, -0.2) is 67.7 Å². The highest BCUT2D eigenvalue weighted by Crippen LogP contribution is 2.39. The first-order chi connectivity index (χ1) is 11.3. The van der Waals surface area contributed by atoms with E-state index >= 15 is 0 Å². The molecule has 10 heteroatoms. The summed E-state index contributed by atoms with van der Waals surface area (Å²) in [4.78, 5) is 24.5. The summed E-state index contributed by atoms with van der Waals surface area (Å²) in [6, 6.07) is -0.204. The number of amides is 2. The maximum atomic E-state index is 12.1. The molecule has 2 heterocycles. The van der Waals surface area contributed by atoms with Crippen LogP contribution in [0.3, 0.4) is 0 Å². The molecule has 0 saturated carbocycles. The highest BCUT2D eigenvalue weighted by Gasteiger charge is 2.46. The van der Waals surface area contributed by atoms with Crippen LogP contribution >= 0.6 is 12.6 Å². The number of likely N-dealkylation sites (tertiary alicyclic amines) is 1. The molecule has 2 radical (unpaired) electrons. The fourth-order valence-electron chi connectivity index (χ4n) is 3.03. The lowest BCUT2D eigenvalue weighted by atomic mass is 9.99. The Morgan fingerprint density at radius 2 is 2.33 bits per heavy atom. The molecule has 3 N–H and O–H groups in total. The molecular weight excluding hydrogens is 329 g/mol. The first-order valence-electron chi connectivity index (χ1n) is 7.30. The smallest absolute Gasteiger partial charge is 0.253 e. The minimum atomic E-state index is -0.873. The van der Waals surface area contributed by atoms with Crippen LogP contribution in [0.15, 0.2) is 12.7 Å². The number of carbonyl (C=O) groups is 2. The lowest BCUT2D eigenvalue weighted by Gasteiger charge is -2.26. The zero-order valence-corrected chi connectivity index (χ0v) is 14.5. The number of rotatable bonds is 6. The topological polar surface area (TPSA) is 102 Å². The number of nitrogens with one attached hydrogen (secondary N) is 1. The number of hydrogen-bond donors (Lipinski definition) is 3. The minimum Gasteiger partial charge on any atom is -0.383 e. The molecule has 2 rings (SSSR count). The first-order valence-corrected chi connectivity index (χ1v) is 7.74. The van der Waals surface area contributed by atoms with Crippen molar-refractivity contribution >= 4 is 43.7 Å². The third kappa shape index (κ3) is 3.03. The number of anilines is 1. The van der Waals surface area contributed by atoms with E-state index in [-0.39, 0.29) is 29.7 Å². The highest BCUT2D eigenvalue weighted by atomic mass is 32.1. The van der Waals surface area contributed by atoms with Gasteiger partial charge in [-0.05, 0) is 6.08 Å². The van der Waals surface area contributed by atoms with Crippen molar-refractivity contribution in [2.75, 3.05) is 32.6 Å². The quantitative estimate of drug-likeness (QED) is 0.341. The molecule has 1 aromatic heterocycles. The van der Waals surface area contributed by atoms with E-state index in [1.807, 2.05) is 0 Å². The van der Waals surface area contributed by atoms with E-state index in [1.165, 1.54) is 10.8 Å². The number of methoxy groups -OCH3 is 1. The van der Waals surface area contributed by atoms with Crippen molar-refractivity contribution in [3.63, 3.8) is 0 Å². The molecule has 24 heavy (non-hydrogen) atoms. The minimum absolute atomic E-state index is 0.0112. The van der Waals surface area contributed by atoms with Crippen LogP contribution in [0.1, 0.15) is 16.8 Å². The Morgan fingerprint density at radius 3 is 2.83 bits per heavy atom. The normalized spacial score (nSPS) is 23.3. The molecule has 0 bridgehead atoms. The predicted molar refractivity (Wildman–Crippen MR) is 94.8 cm³/mol. The largest absolute Gasteiger partial charge is 0.383 e. The average Bonchev–Trinajstić information content (AvgIpc) is 3.05. The maximum absolute atomic E-state index is 12.1. The van der Waals surface area contributed by atoms with Crippen LogP contribution in [0, 0.1) is 0 Å². The lowest BCUT2D eigenvalue weighted by Crippen LogP contribution is -2.38. The summed E-state index contributed by atoms with van der Waals surface area (Å²) in [6.07, 6.45) is 1.70. The second kappa shape index (κ2) is 6.90. The van der Waals surface area contributed by atoms with Gasteiger partial charge in [-0.2, -0.15) is 5.10 Å².